The number of nitrogens with zero attached hydrogens (tertiary/aromatic N) is 1. The number of anilines is 1. The van der Waals surface area contributed by atoms with Gasteiger partial charge in [0.25, 0.3) is 5.91 Å². The maximum Gasteiger partial charge on any atom is 0.257 e. The Balaban J connectivity index is 2.05. The van der Waals surface area contributed by atoms with Gasteiger partial charge in [-0.1, -0.05) is 30.3 Å². The summed E-state index contributed by atoms with van der Waals surface area (Å²) in [6.07, 6.45) is 0.745. The third-order valence-corrected chi connectivity index (χ3v) is 4.05. The zero-order valence-electron chi connectivity index (χ0n) is 13.0. The van der Waals surface area contributed by atoms with Crippen molar-refractivity contribution in [2.75, 3.05) is 12.0 Å². The third-order valence-electron chi connectivity index (χ3n) is 4.05. The summed E-state index contributed by atoms with van der Waals surface area (Å²) >= 11 is 0. The molecule has 1 unspecified atom stereocenters. The van der Waals surface area contributed by atoms with E-state index >= 15 is 0 Å². The summed E-state index contributed by atoms with van der Waals surface area (Å²) in [5.41, 5.74) is 2.81. The Morgan fingerprint density at radius 3 is 2.30 bits per heavy atom. The molecule has 4 heteroatoms. The Morgan fingerprint density at radius 1 is 1.09 bits per heavy atom. The van der Waals surface area contributed by atoms with Crippen LogP contribution in [0, 0.1) is 0 Å². The van der Waals surface area contributed by atoms with E-state index in [1.807, 2.05) is 54.6 Å². The third kappa shape index (κ3) is 2.52. The van der Waals surface area contributed by atoms with E-state index < -0.39 is 0 Å². The second-order valence-corrected chi connectivity index (χ2v) is 5.40. The normalized spacial score (nSPS) is 19.1. The quantitative estimate of drug-likeness (QED) is 0.494. The standard InChI is InChI=1S/C19H17NO3/c1-13(12-21)17-18(14-6-4-3-5-7-14)20(19(17)22)15-8-10-16(23-2)11-9-15/h3-12,18H,1-2H3/b17-13-. The predicted octanol–water partition coefficient (Wildman–Crippen LogP) is 3.30. The molecule has 1 aliphatic heterocycles. The first kappa shape index (κ1) is 15.0. The molecule has 3 rings (SSSR count). The van der Waals surface area contributed by atoms with E-state index in [2.05, 4.69) is 0 Å². The summed E-state index contributed by atoms with van der Waals surface area (Å²) in [4.78, 5) is 25.4. The van der Waals surface area contributed by atoms with E-state index in [0.29, 0.717) is 11.1 Å². The van der Waals surface area contributed by atoms with E-state index in [-0.39, 0.29) is 11.9 Å². The highest BCUT2D eigenvalue weighted by molar-refractivity contribution is 6.17. The molecular weight excluding hydrogens is 290 g/mol. The molecule has 0 bridgehead atoms. The second kappa shape index (κ2) is 6.08. The van der Waals surface area contributed by atoms with E-state index in [0.717, 1.165) is 23.3 Å². The van der Waals surface area contributed by atoms with Crippen LogP contribution in [-0.4, -0.2) is 19.3 Å². The summed E-state index contributed by atoms with van der Waals surface area (Å²) in [5, 5.41) is 0. The van der Waals surface area contributed by atoms with Gasteiger partial charge >= 0.3 is 0 Å². The Labute approximate surface area is 135 Å². The lowest BCUT2D eigenvalue weighted by molar-refractivity contribution is -0.119. The van der Waals surface area contributed by atoms with Crippen LogP contribution in [0.25, 0.3) is 0 Å². The van der Waals surface area contributed by atoms with Crippen molar-refractivity contribution in [2.24, 2.45) is 0 Å². The second-order valence-electron chi connectivity index (χ2n) is 5.40. The van der Waals surface area contributed by atoms with Gasteiger partial charge < -0.3 is 4.74 Å². The molecule has 0 saturated carbocycles. The maximum atomic E-state index is 12.6. The highest BCUT2D eigenvalue weighted by Crippen LogP contribution is 2.44. The Bertz CT molecular complexity index is 763. The van der Waals surface area contributed by atoms with Crippen LogP contribution in [0.15, 0.2) is 65.7 Å². The van der Waals surface area contributed by atoms with Crippen molar-refractivity contribution in [1.29, 1.82) is 0 Å². The number of carbonyl (C=O) groups is 2. The molecule has 116 valence electrons. The van der Waals surface area contributed by atoms with E-state index in [4.69, 9.17) is 4.74 Å². The average molecular weight is 307 g/mol. The van der Waals surface area contributed by atoms with E-state index in [9.17, 15) is 9.59 Å². The van der Waals surface area contributed by atoms with E-state index in [1.165, 1.54) is 0 Å². The Morgan fingerprint density at radius 2 is 1.74 bits per heavy atom. The van der Waals surface area contributed by atoms with Gasteiger partial charge in [-0.3, -0.25) is 14.5 Å². The molecule has 0 N–H and O–H groups in total. The minimum Gasteiger partial charge on any atom is -0.497 e. The molecule has 1 amide bonds. The molecule has 0 aromatic heterocycles. The number of allylic oxidation sites excluding steroid dienone is 1. The van der Waals surface area contributed by atoms with E-state index in [1.54, 1.807) is 18.9 Å². The number of hydrogen-bond acceptors (Lipinski definition) is 3. The number of amides is 1. The van der Waals surface area contributed by atoms with Crippen molar-refractivity contribution in [3.05, 3.63) is 71.3 Å². The van der Waals surface area contributed by atoms with Gasteiger partial charge in [0.1, 0.15) is 12.0 Å². The molecule has 0 aliphatic carbocycles. The first-order valence-electron chi connectivity index (χ1n) is 7.36. The number of β-lactam (4-membered cyclic amide) rings is 1. The van der Waals surface area contributed by atoms with Crippen LogP contribution >= 0.6 is 0 Å². The number of benzene rings is 2. The van der Waals surface area contributed by atoms with Crippen molar-refractivity contribution in [3.8, 4) is 5.75 Å². The van der Waals surface area contributed by atoms with Crippen LogP contribution in [0.3, 0.4) is 0 Å². The minimum atomic E-state index is -0.234. The zero-order chi connectivity index (χ0) is 16.4. The summed E-state index contributed by atoms with van der Waals surface area (Å²) < 4.78 is 5.16. The van der Waals surface area contributed by atoms with Crippen molar-refractivity contribution >= 4 is 17.9 Å². The fraction of sp³-hybridized carbons (Fsp3) is 0.158. The number of aldehydes is 1. The fourth-order valence-corrected chi connectivity index (χ4v) is 2.83. The van der Waals surface area contributed by atoms with Crippen molar-refractivity contribution in [3.63, 3.8) is 0 Å². The SMILES string of the molecule is COc1ccc(N2C(=O)/C(=C(/C)C=O)C2c2ccccc2)cc1. The molecule has 2 aromatic carbocycles. The van der Waals surface area contributed by atoms with Crippen molar-refractivity contribution in [2.45, 2.75) is 13.0 Å². The number of carbonyl (C=O) groups excluding carboxylic acids is 2. The minimum absolute atomic E-state index is 0.131. The summed E-state index contributed by atoms with van der Waals surface area (Å²) in [5.74, 6) is 0.603. The predicted molar refractivity (Wildman–Crippen MR) is 88.4 cm³/mol. The van der Waals surface area contributed by atoms with Crippen molar-refractivity contribution in [1.82, 2.24) is 0 Å². The highest BCUT2D eigenvalue weighted by Gasteiger charge is 2.45. The van der Waals surface area contributed by atoms with Crippen LogP contribution in [-0.2, 0) is 9.59 Å². The molecule has 1 atom stereocenters. The van der Waals surface area contributed by atoms with Gasteiger partial charge in [0, 0.05) is 5.69 Å². The molecule has 4 nitrogen and oxygen atoms in total. The fourth-order valence-electron chi connectivity index (χ4n) is 2.83. The van der Waals surface area contributed by atoms with Crippen LogP contribution in [0.4, 0.5) is 5.69 Å². The summed E-state index contributed by atoms with van der Waals surface area (Å²) in [7, 11) is 1.60. The van der Waals surface area contributed by atoms with Crippen molar-refractivity contribution < 1.29 is 14.3 Å². The average Bonchev–Trinajstić information content (AvgIpc) is 2.60. The number of rotatable bonds is 4. The van der Waals surface area contributed by atoms with Crippen LogP contribution < -0.4 is 9.64 Å². The van der Waals surface area contributed by atoms with Gasteiger partial charge in [-0.15, -0.1) is 0 Å². The first-order chi connectivity index (χ1) is 11.2. The largest absolute Gasteiger partial charge is 0.497 e. The number of ether oxygens (including phenoxy) is 1. The van der Waals surface area contributed by atoms with Gasteiger partial charge in [0.05, 0.1) is 18.7 Å². The zero-order valence-corrected chi connectivity index (χ0v) is 13.0. The maximum absolute atomic E-state index is 12.6. The topological polar surface area (TPSA) is 46.6 Å². The molecule has 1 saturated heterocycles. The molecule has 2 aromatic rings. The van der Waals surface area contributed by atoms with Gasteiger partial charge in [-0.05, 0) is 42.3 Å². The Hall–Kier alpha value is -2.88. The first-order valence-corrected chi connectivity index (χ1v) is 7.36. The van der Waals surface area contributed by atoms with Gasteiger partial charge in [-0.2, -0.15) is 0 Å². The lowest BCUT2D eigenvalue weighted by Crippen LogP contribution is -2.50. The molecule has 0 spiro atoms. The van der Waals surface area contributed by atoms with Crippen LogP contribution in [0.1, 0.15) is 18.5 Å². The van der Waals surface area contributed by atoms with Gasteiger partial charge in [0.2, 0.25) is 0 Å². The van der Waals surface area contributed by atoms with Crippen LogP contribution in [0.2, 0.25) is 0 Å². The monoisotopic (exact) mass is 307 g/mol. The number of methoxy groups -OCH3 is 1. The Kier molecular flexibility index (Phi) is 3.98. The summed E-state index contributed by atoms with van der Waals surface area (Å²) in [6.45, 7) is 1.68. The van der Waals surface area contributed by atoms with Crippen LogP contribution in [0.5, 0.6) is 5.75 Å². The van der Waals surface area contributed by atoms with Gasteiger partial charge in [0.15, 0.2) is 0 Å². The summed E-state index contributed by atoms with van der Waals surface area (Å²) in [6, 6.07) is 16.8. The lowest BCUT2D eigenvalue weighted by Gasteiger charge is -2.43. The van der Waals surface area contributed by atoms with Gasteiger partial charge in [-0.25, -0.2) is 0 Å². The molecule has 1 fully saturated rings. The highest BCUT2D eigenvalue weighted by atomic mass is 16.5. The molecule has 23 heavy (non-hydrogen) atoms. The lowest BCUT2D eigenvalue weighted by atomic mass is 9.84. The molecule has 0 radical (unpaired) electrons. The smallest absolute Gasteiger partial charge is 0.257 e. The number of hydrogen-bond donors (Lipinski definition) is 0. The molecule has 1 aliphatic rings. The molecule has 1 heterocycles. The molecular formula is C19H17NO3.